The number of fused-ring (bicyclic) bond motifs is 2. The molecule has 0 unspecified atom stereocenters. The lowest BCUT2D eigenvalue weighted by Crippen LogP contribution is -2.26. The van der Waals surface area contributed by atoms with E-state index in [1.807, 2.05) is 24.3 Å². The van der Waals surface area contributed by atoms with Crippen LogP contribution in [-0.2, 0) is 13.1 Å². The number of thioether (sulfide) groups is 1. The summed E-state index contributed by atoms with van der Waals surface area (Å²) >= 11 is 2.08. The van der Waals surface area contributed by atoms with E-state index in [1.54, 1.807) is 4.57 Å². The molecule has 3 aromatic rings. The SMILES string of the molecule is O=c1oc2ccccc2n1Cc1nnc(N2C[C@H]3CSC[C@H]3C2)n1CC1CC1. The summed E-state index contributed by atoms with van der Waals surface area (Å²) in [5.41, 5.74) is 1.42. The first kappa shape index (κ1) is 16.7. The highest BCUT2D eigenvalue weighted by Gasteiger charge is 2.39. The molecule has 0 amide bonds. The first-order valence-corrected chi connectivity index (χ1v) is 11.2. The number of oxazole rings is 1. The molecule has 6 rings (SSSR count). The average Bonchev–Trinajstić information content (AvgIpc) is 3.00. The smallest absolute Gasteiger partial charge is 0.408 e. The zero-order valence-corrected chi connectivity index (χ0v) is 16.5. The monoisotopic (exact) mass is 397 g/mol. The molecule has 2 atom stereocenters. The van der Waals surface area contributed by atoms with Crippen LogP contribution in [0.3, 0.4) is 0 Å². The van der Waals surface area contributed by atoms with Crippen molar-refractivity contribution < 1.29 is 4.42 Å². The van der Waals surface area contributed by atoms with Crippen LogP contribution in [0.4, 0.5) is 5.95 Å². The summed E-state index contributed by atoms with van der Waals surface area (Å²) in [6, 6.07) is 7.55. The molecular formula is C20H23N5O2S. The molecule has 1 aliphatic carbocycles. The molecule has 146 valence electrons. The van der Waals surface area contributed by atoms with Gasteiger partial charge in [-0.3, -0.25) is 9.13 Å². The Labute approximate surface area is 166 Å². The lowest BCUT2D eigenvalue weighted by atomic mass is 10.0. The molecule has 7 nitrogen and oxygen atoms in total. The third-order valence-corrected chi connectivity index (χ3v) is 7.67. The second-order valence-electron chi connectivity index (χ2n) is 8.35. The van der Waals surface area contributed by atoms with Gasteiger partial charge in [0.25, 0.3) is 0 Å². The third-order valence-electron chi connectivity index (χ3n) is 6.34. The molecule has 0 N–H and O–H groups in total. The van der Waals surface area contributed by atoms with Crippen LogP contribution in [0.25, 0.3) is 11.1 Å². The maximum atomic E-state index is 12.4. The van der Waals surface area contributed by atoms with E-state index >= 15 is 0 Å². The van der Waals surface area contributed by atoms with Gasteiger partial charge in [0.1, 0.15) is 0 Å². The highest BCUT2D eigenvalue weighted by Crippen LogP contribution is 2.38. The van der Waals surface area contributed by atoms with E-state index in [9.17, 15) is 4.79 Å². The highest BCUT2D eigenvalue weighted by molar-refractivity contribution is 7.99. The Morgan fingerprint density at radius 3 is 2.64 bits per heavy atom. The molecule has 28 heavy (non-hydrogen) atoms. The van der Waals surface area contributed by atoms with E-state index in [-0.39, 0.29) is 5.76 Å². The standard InChI is InChI=1S/C20H23N5O2S/c26-20-24(16-3-1-2-4-17(16)27-20)10-18-21-22-19(25(18)7-13-5-6-13)23-8-14-11-28-12-15(14)9-23/h1-4,13-15H,5-12H2/t14-,15+. The summed E-state index contributed by atoms with van der Waals surface area (Å²) in [4.78, 5) is 14.8. The fourth-order valence-electron chi connectivity index (χ4n) is 4.58. The number of hydrogen-bond donors (Lipinski definition) is 0. The largest absolute Gasteiger partial charge is 0.420 e. The first-order chi connectivity index (χ1) is 13.8. The summed E-state index contributed by atoms with van der Waals surface area (Å²) in [6.07, 6.45) is 2.54. The van der Waals surface area contributed by atoms with Gasteiger partial charge in [-0.05, 0) is 54.2 Å². The fourth-order valence-corrected chi connectivity index (χ4v) is 6.07. The van der Waals surface area contributed by atoms with Crippen molar-refractivity contribution in [2.75, 3.05) is 29.5 Å². The quantitative estimate of drug-likeness (QED) is 0.659. The molecule has 3 aliphatic rings. The van der Waals surface area contributed by atoms with Crippen molar-refractivity contribution in [2.24, 2.45) is 17.8 Å². The van der Waals surface area contributed by atoms with Crippen molar-refractivity contribution >= 4 is 28.8 Å². The molecule has 2 aromatic heterocycles. The van der Waals surface area contributed by atoms with Gasteiger partial charge in [0.05, 0.1) is 12.1 Å². The molecule has 1 aromatic carbocycles. The van der Waals surface area contributed by atoms with E-state index in [0.29, 0.717) is 18.0 Å². The Kier molecular flexibility index (Phi) is 3.82. The van der Waals surface area contributed by atoms with Crippen LogP contribution in [-0.4, -0.2) is 43.9 Å². The Balaban J connectivity index is 1.36. The number of aromatic nitrogens is 4. The minimum Gasteiger partial charge on any atom is -0.408 e. The van der Waals surface area contributed by atoms with Crippen LogP contribution in [0.5, 0.6) is 0 Å². The van der Waals surface area contributed by atoms with Crippen molar-refractivity contribution in [3.05, 3.63) is 40.6 Å². The fraction of sp³-hybridized carbons (Fsp3) is 0.550. The molecule has 3 fully saturated rings. The molecule has 1 saturated carbocycles. The van der Waals surface area contributed by atoms with Crippen LogP contribution in [0.1, 0.15) is 18.7 Å². The van der Waals surface area contributed by atoms with Crippen molar-refractivity contribution in [3.8, 4) is 0 Å². The van der Waals surface area contributed by atoms with Crippen molar-refractivity contribution in [2.45, 2.75) is 25.9 Å². The average molecular weight is 398 g/mol. The second-order valence-corrected chi connectivity index (χ2v) is 9.43. The maximum Gasteiger partial charge on any atom is 0.420 e. The highest BCUT2D eigenvalue weighted by atomic mass is 32.2. The normalized spacial score (nSPS) is 24.4. The molecule has 0 spiro atoms. The van der Waals surface area contributed by atoms with Gasteiger partial charge in [-0.1, -0.05) is 12.1 Å². The molecular weight excluding hydrogens is 374 g/mol. The Hall–Kier alpha value is -2.22. The summed E-state index contributed by atoms with van der Waals surface area (Å²) in [5, 5.41) is 9.11. The third kappa shape index (κ3) is 2.77. The lowest BCUT2D eigenvalue weighted by Gasteiger charge is -2.20. The molecule has 2 aliphatic heterocycles. The van der Waals surface area contributed by atoms with Crippen LogP contribution >= 0.6 is 11.8 Å². The van der Waals surface area contributed by atoms with Crippen LogP contribution in [0.15, 0.2) is 33.5 Å². The number of hydrogen-bond acceptors (Lipinski definition) is 6. The topological polar surface area (TPSA) is 69.1 Å². The lowest BCUT2D eigenvalue weighted by molar-refractivity contribution is 0.503. The predicted octanol–water partition coefficient (Wildman–Crippen LogP) is 2.44. The van der Waals surface area contributed by atoms with Gasteiger partial charge in [-0.2, -0.15) is 11.8 Å². The number of benzene rings is 1. The van der Waals surface area contributed by atoms with Gasteiger partial charge in [0.15, 0.2) is 11.4 Å². The van der Waals surface area contributed by atoms with Crippen LogP contribution < -0.4 is 10.7 Å². The molecule has 4 heterocycles. The van der Waals surface area contributed by atoms with Crippen LogP contribution in [0.2, 0.25) is 0 Å². The van der Waals surface area contributed by atoms with Gasteiger partial charge in [-0.25, -0.2) is 4.79 Å². The zero-order valence-electron chi connectivity index (χ0n) is 15.7. The maximum absolute atomic E-state index is 12.4. The van der Waals surface area contributed by atoms with Crippen molar-refractivity contribution in [3.63, 3.8) is 0 Å². The van der Waals surface area contributed by atoms with E-state index in [1.165, 1.54) is 24.3 Å². The summed E-state index contributed by atoms with van der Waals surface area (Å²) in [7, 11) is 0. The number of para-hydroxylation sites is 2. The molecule has 0 radical (unpaired) electrons. The van der Waals surface area contributed by atoms with E-state index in [2.05, 4.69) is 31.4 Å². The van der Waals surface area contributed by atoms with Gasteiger partial charge in [0, 0.05) is 19.6 Å². The molecule has 0 bridgehead atoms. The number of rotatable bonds is 5. The number of anilines is 1. The Bertz CT molecular complexity index is 1070. The van der Waals surface area contributed by atoms with Crippen LogP contribution in [0, 0.1) is 17.8 Å². The predicted molar refractivity (Wildman–Crippen MR) is 109 cm³/mol. The molecule has 8 heteroatoms. The first-order valence-electron chi connectivity index (χ1n) is 10.1. The second kappa shape index (κ2) is 6.40. The van der Waals surface area contributed by atoms with Crippen molar-refractivity contribution in [1.29, 1.82) is 0 Å². The van der Waals surface area contributed by atoms with E-state index < -0.39 is 0 Å². The van der Waals surface area contributed by atoms with Gasteiger partial charge in [-0.15, -0.1) is 10.2 Å². The zero-order chi connectivity index (χ0) is 18.7. The van der Waals surface area contributed by atoms with E-state index in [0.717, 1.165) is 48.8 Å². The Morgan fingerprint density at radius 2 is 1.86 bits per heavy atom. The summed E-state index contributed by atoms with van der Waals surface area (Å²) in [5.74, 6) is 6.30. The van der Waals surface area contributed by atoms with E-state index in [4.69, 9.17) is 4.42 Å². The minimum absolute atomic E-state index is 0.337. The summed E-state index contributed by atoms with van der Waals surface area (Å²) < 4.78 is 9.33. The minimum atomic E-state index is -0.337. The number of nitrogens with zero attached hydrogens (tertiary/aromatic N) is 5. The Morgan fingerprint density at radius 1 is 1.07 bits per heavy atom. The summed E-state index contributed by atoms with van der Waals surface area (Å²) in [6.45, 7) is 3.50. The van der Waals surface area contributed by atoms with Gasteiger partial charge < -0.3 is 9.32 Å². The van der Waals surface area contributed by atoms with Gasteiger partial charge >= 0.3 is 5.76 Å². The van der Waals surface area contributed by atoms with Gasteiger partial charge in [0.2, 0.25) is 5.95 Å². The van der Waals surface area contributed by atoms with Crippen molar-refractivity contribution in [1.82, 2.24) is 19.3 Å². The molecule has 2 saturated heterocycles.